The number of fused-ring (bicyclic) bond motifs is 1. The molecule has 0 spiro atoms. The van der Waals surface area contributed by atoms with E-state index in [1.165, 1.54) is 6.08 Å². The Hall–Kier alpha value is -4.36. The van der Waals surface area contributed by atoms with Crippen LogP contribution in [0.4, 0.5) is 5.69 Å². The van der Waals surface area contributed by atoms with Crippen molar-refractivity contribution in [1.82, 2.24) is 15.0 Å². The van der Waals surface area contributed by atoms with Gasteiger partial charge in [0.25, 0.3) is 0 Å². The van der Waals surface area contributed by atoms with Gasteiger partial charge in [-0.05, 0) is 85.6 Å². The molecule has 0 unspecified atom stereocenters. The van der Waals surface area contributed by atoms with Crippen LogP contribution in [0.15, 0.2) is 77.2 Å². The van der Waals surface area contributed by atoms with Gasteiger partial charge in [0.05, 0.1) is 12.8 Å². The molecule has 0 saturated carbocycles. The quantitative estimate of drug-likeness (QED) is 0.266. The normalized spacial score (nSPS) is 11.3. The first-order chi connectivity index (χ1) is 17.4. The molecule has 2 heterocycles. The fourth-order valence-electron chi connectivity index (χ4n) is 3.71. The first kappa shape index (κ1) is 23.4. The largest absolute Gasteiger partial charge is 0.497 e. The molecule has 0 aliphatic heterocycles. The highest BCUT2D eigenvalue weighted by Crippen LogP contribution is 2.27. The number of rotatable bonds is 6. The van der Waals surface area contributed by atoms with Crippen molar-refractivity contribution in [3.05, 3.63) is 94.7 Å². The molecule has 2 aromatic heterocycles. The average Bonchev–Trinajstić information content (AvgIpc) is 3.52. The van der Waals surface area contributed by atoms with Gasteiger partial charge < -0.3 is 14.5 Å². The molecule has 36 heavy (non-hydrogen) atoms. The van der Waals surface area contributed by atoms with Crippen molar-refractivity contribution in [2.24, 2.45) is 0 Å². The molecule has 0 fully saturated rings. The number of carbonyl (C=O) groups is 1. The Morgan fingerprint density at radius 3 is 2.44 bits per heavy atom. The zero-order valence-corrected chi connectivity index (χ0v) is 20.7. The lowest BCUT2D eigenvalue weighted by Crippen LogP contribution is -2.08. The van der Waals surface area contributed by atoms with Gasteiger partial charge in [0.15, 0.2) is 0 Å². The first-order valence-corrected chi connectivity index (χ1v) is 11.6. The van der Waals surface area contributed by atoms with E-state index in [0.29, 0.717) is 27.7 Å². The summed E-state index contributed by atoms with van der Waals surface area (Å²) in [5.41, 5.74) is 5.63. The summed E-state index contributed by atoms with van der Waals surface area (Å²) in [7, 11) is 1.62. The summed E-state index contributed by atoms with van der Waals surface area (Å²) in [6.45, 7) is 3.86. The van der Waals surface area contributed by atoms with E-state index in [0.717, 1.165) is 33.6 Å². The van der Waals surface area contributed by atoms with Crippen LogP contribution in [0.2, 0.25) is 5.02 Å². The Morgan fingerprint density at radius 2 is 1.72 bits per heavy atom. The number of hydrogen-bond acceptors (Lipinski definition) is 5. The van der Waals surface area contributed by atoms with Gasteiger partial charge in [0.1, 0.15) is 28.3 Å². The van der Waals surface area contributed by atoms with Crippen LogP contribution in [0, 0.1) is 13.8 Å². The van der Waals surface area contributed by atoms with Gasteiger partial charge in [-0.2, -0.15) is 4.80 Å². The van der Waals surface area contributed by atoms with E-state index in [1.54, 1.807) is 18.0 Å². The van der Waals surface area contributed by atoms with Gasteiger partial charge >= 0.3 is 0 Å². The second-order valence-corrected chi connectivity index (χ2v) is 8.74. The van der Waals surface area contributed by atoms with Gasteiger partial charge in [-0.25, -0.2) is 0 Å². The highest BCUT2D eigenvalue weighted by molar-refractivity contribution is 6.31. The summed E-state index contributed by atoms with van der Waals surface area (Å²) in [6.07, 6.45) is 3.06. The lowest BCUT2D eigenvalue weighted by molar-refractivity contribution is -0.111. The third-order valence-corrected chi connectivity index (χ3v) is 6.18. The number of nitrogens with zero attached hydrogens (tertiary/aromatic N) is 3. The maximum atomic E-state index is 12.6. The first-order valence-electron chi connectivity index (χ1n) is 11.3. The molecule has 1 amide bonds. The maximum Gasteiger partial charge on any atom is 0.248 e. The third-order valence-electron chi connectivity index (χ3n) is 5.77. The summed E-state index contributed by atoms with van der Waals surface area (Å²) in [6, 6.07) is 20.6. The monoisotopic (exact) mass is 498 g/mol. The molecule has 3 aromatic carbocycles. The van der Waals surface area contributed by atoms with Gasteiger partial charge in [0, 0.05) is 22.3 Å². The molecule has 180 valence electrons. The van der Waals surface area contributed by atoms with Crippen LogP contribution < -0.4 is 10.1 Å². The van der Waals surface area contributed by atoms with Gasteiger partial charge in [0.2, 0.25) is 5.91 Å². The average molecular weight is 499 g/mol. The number of hydrogen-bond donors (Lipinski definition) is 1. The van der Waals surface area contributed by atoms with Crippen LogP contribution in [-0.4, -0.2) is 28.0 Å². The minimum Gasteiger partial charge on any atom is -0.497 e. The number of amides is 1. The van der Waals surface area contributed by atoms with Crippen LogP contribution in [0.25, 0.3) is 34.1 Å². The van der Waals surface area contributed by atoms with Crippen LogP contribution in [0.1, 0.15) is 16.9 Å². The molecule has 5 aromatic rings. The van der Waals surface area contributed by atoms with E-state index in [-0.39, 0.29) is 5.91 Å². The lowest BCUT2D eigenvalue weighted by Gasteiger charge is -2.05. The third kappa shape index (κ3) is 4.87. The standard InChI is InChI=1S/C28H23ClN4O3/c1-17-4-5-19(15-23(17)29)27-12-10-22(36-27)11-13-28(34)30-24-16-26-25(14-18(24)2)31-33(32-26)20-6-8-21(35-3)9-7-20/h4-16H,1-3H3,(H,30,34). The Morgan fingerprint density at radius 1 is 0.972 bits per heavy atom. The topological polar surface area (TPSA) is 82.2 Å². The zero-order chi connectivity index (χ0) is 25.2. The molecule has 0 saturated heterocycles. The highest BCUT2D eigenvalue weighted by Gasteiger charge is 2.11. The molecule has 5 rings (SSSR count). The van der Waals surface area contributed by atoms with Crippen LogP contribution in [-0.2, 0) is 4.79 Å². The number of furan rings is 1. The van der Waals surface area contributed by atoms with Crippen molar-refractivity contribution >= 4 is 40.3 Å². The number of benzene rings is 3. The predicted octanol–water partition coefficient (Wildman–Crippen LogP) is 6.61. The summed E-state index contributed by atoms with van der Waals surface area (Å²) in [5, 5.41) is 12.7. The molecule has 7 nitrogen and oxygen atoms in total. The number of methoxy groups -OCH3 is 1. The fraction of sp³-hybridized carbons (Fsp3) is 0.107. The molecule has 0 radical (unpaired) electrons. The summed E-state index contributed by atoms with van der Waals surface area (Å²) in [4.78, 5) is 14.2. The predicted molar refractivity (Wildman–Crippen MR) is 142 cm³/mol. The maximum absolute atomic E-state index is 12.6. The Kier molecular flexibility index (Phi) is 6.31. The van der Waals surface area contributed by atoms with Crippen molar-refractivity contribution < 1.29 is 13.9 Å². The summed E-state index contributed by atoms with van der Waals surface area (Å²) in [5.74, 6) is 1.72. The van der Waals surface area contributed by atoms with Gasteiger partial charge in [-0.15, -0.1) is 10.2 Å². The fourth-order valence-corrected chi connectivity index (χ4v) is 3.89. The van der Waals surface area contributed by atoms with E-state index < -0.39 is 0 Å². The summed E-state index contributed by atoms with van der Waals surface area (Å²) < 4.78 is 11.1. The highest BCUT2D eigenvalue weighted by atomic mass is 35.5. The van der Waals surface area contributed by atoms with Crippen molar-refractivity contribution in [3.63, 3.8) is 0 Å². The van der Waals surface area contributed by atoms with E-state index >= 15 is 0 Å². The second kappa shape index (κ2) is 9.71. The number of nitrogens with one attached hydrogen (secondary N) is 1. The number of carbonyl (C=O) groups excluding carboxylic acids is 1. The number of anilines is 1. The van der Waals surface area contributed by atoms with Crippen LogP contribution in [0.3, 0.4) is 0 Å². The van der Waals surface area contributed by atoms with Crippen molar-refractivity contribution in [3.8, 4) is 22.8 Å². The lowest BCUT2D eigenvalue weighted by atomic mass is 10.1. The Labute approximate surface area is 213 Å². The van der Waals surface area contributed by atoms with Crippen molar-refractivity contribution in [2.45, 2.75) is 13.8 Å². The number of aromatic nitrogens is 3. The van der Waals surface area contributed by atoms with Crippen LogP contribution in [0.5, 0.6) is 5.75 Å². The molecular formula is C28H23ClN4O3. The van der Waals surface area contributed by atoms with Crippen molar-refractivity contribution in [1.29, 1.82) is 0 Å². The van der Waals surface area contributed by atoms with Gasteiger partial charge in [-0.1, -0.05) is 23.7 Å². The van der Waals surface area contributed by atoms with Gasteiger partial charge in [-0.3, -0.25) is 4.79 Å². The smallest absolute Gasteiger partial charge is 0.248 e. The van der Waals surface area contributed by atoms with E-state index in [1.807, 2.05) is 80.6 Å². The second-order valence-electron chi connectivity index (χ2n) is 8.33. The molecule has 0 atom stereocenters. The zero-order valence-electron chi connectivity index (χ0n) is 19.9. The molecule has 1 N–H and O–H groups in total. The van der Waals surface area contributed by atoms with Crippen LogP contribution >= 0.6 is 11.6 Å². The molecule has 8 heteroatoms. The Balaban J connectivity index is 1.30. The van der Waals surface area contributed by atoms with Crippen molar-refractivity contribution in [2.75, 3.05) is 12.4 Å². The number of ether oxygens (including phenoxy) is 1. The van der Waals surface area contributed by atoms with E-state index in [2.05, 4.69) is 15.5 Å². The minimum absolute atomic E-state index is 0.281. The molecule has 0 bridgehead atoms. The molecule has 0 aliphatic rings. The number of halogens is 1. The molecular weight excluding hydrogens is 476 g/mol. The number of aryl methyl sites for hydroxylation is 2. The van der Waals surface area contributed by atoms with E-state index in [4.69, 9.17) is 20.8 Å². The van der Waals surface area contributed by atoms with E-state index in [9.17, 15) is 4.79 Å². The minimum atomic E-state index is -0.281. The molecule has 0 aliphatic carbocycles. The SMILES string of the molecule is COc1ccc(-n2nc3cc(C)c(NC(=O)C=Cc4ccc(-c5ccc(C)c(Cl)c5)o4)cc3n2)cc1. The summed E-state index contributed by atoms with van der Waals surface area (Å²) >= 11 is 6.22. The Bertz CT molecular complexity index is 1600.